The maximum absolute atomic E-state index is 13.3. The highest BCUT2D eigenvalue weighted by Crippen LogP contribution is 2.27. The molecule has 12 heteroatoms. The van der Waals surface area contributed by atoms with E-state index in [4.69, 9.17) is 9.26 Å². The second-order valence-electron chi connectivity index (χ2n) is 6.71. The molecular formula is C18H16F5N5O2. The molecule has 4 rings (SSSR count). The molecular weight excluding hydrogens is 413 g/mol. The number of alkyl halides is 3. The van der Waals surface area contributed by atoms with Crippen molar-refractivity contribution >= 4 is 0 Å². The molecule has 1 aliphatic rings. The van der Waals surface area contributed by atoms with Crippen molar-refractivity contribution in [3.8, 4) is 11.3 Å². The normalized spacial score (nSPS) is 14.8. The van der Waals surface area contributed by atoms with Crippen LogP contribution in [0.25, 0.3) is 11.3 Å². The molecule has 1 aliphatic heterocycles. The second kappa shape index (κ2) is 8.11. The summed E-state index contributed by atoms with van der Waals surface area (Å²) < 4.78 is 76.4. The number of hydrogen-bond donors (Lipinski definition) is 0. The van der Waals surface area contributed by atoms with Gasteiger partial charge >= 0.3 is 6.18 Å². The van der Waals surface area contributed by atoms with Crippen LogP contribution >= 0.6 is 0 Å². The molecule has 1 aromatic carbocycles. The summed E-state index contributed by atoms with van der Waals surface area (Å²) in [7, 11) is 0. The van der Waals surface area contributed by atoms with Crippen LogP contribution in [0.2, 0.25) is 0 Å². The summed E-state index contributed by atoms with van der Waals surface area (Å²) in [6.07, 6.45) is -4.56. The van der Waals surface area contributed by atoms with Crippen molar-refractivity contribution in [3.63, 3.8) is 0 Å². The lowest BCUT2D eigenvalue weighted by atomic mass is 10.1. The van der Waals surface area contributed by atoms with Gasteiger partial charge in [-0.2, -0.15) is 13.2 Å². The summed E-state index contributed by atoms with van der Waals surface area (Å²) in [6.45, 7) is 1.99. The summed E-state index contributed by atoms with van der Waals surface area (Å²) in [5.74, 6) is -2.38. The molecule has 0 spiro atoms. The highest BCUT2D eigenvalue weighted by Gasteiger charge is 2.37. The summed E-state index contributed by atoms with van der Waals surface area (Å²) in [5, 5.41) is 7.30. The van der Waals surface area contributed by atoms with Gasteiger partial charge in [0.05, 0.1) is 19.7 Å². The molecule has 3 heterocycles. The van der Waals surface area contributed by atoms with Gasteiger partial charge in [0, 0.05) is 24.7 Å². The van der Waals surface area contributed by atoms with Crippen molar-refractivity contribution in [2.45, 2.75) is 25.9 Å². The van der Waals surface area contributed by atoms with Gasteiger partial charge in [0.2, 0.25) is 0 Å². The summed E-state index contributed by atoms with van der Waals surface area (Å²) in [6, 6.07) is 4.98. The standard InChI is InChI=1S/C18H16F5N5O2/c19-13-2-1-11(7-14(13)20)15-8-12(30-26-15)10-29-6-5-27-3-4-28-16(9-27)24-17(25-28)18(21,22)23/h1-2,7-8H,3-6,9-10H2. The predicted octanol–water partition coefficient (Wildman–Crippen LogP) is 3.26. The molecule has 0 saturated carbocycles. The molecule has 0 bridgehead atoms. The Balaban J connectivity index is 1.25. The smallest absolute Gasteiger partial charge is 0.372 e. The van der Waals surface area contributed by atoms with Crippen LogP contribution in [0, 0.1) is 11.6 Å². The third-order valence-electron chi connectivity index (χ3n) is 4.57. The molecule has 0 unspecified atom stereocenters. The number of hydrogen-bond acceptors (Lipinski definition) is 6. The van der Waals surface area contributed by atoms with Crippen LogP contribution in [0.5, 0.6) is 0 Å². The van der Waals surface area contributed by atoms with E-state index in [9.17, 15) is 22.0 Å². The van der Waals surface area contributed by atoms with Crippen LogP contribution < -0.4 is 0 Å². The van der Waals surface area contributed by atoms with Gasteiger partial charge in [-0.15, -0.1) is 5.10 Å². The van der Waals surface area contributed by atoms with Crippen LogP contribution in [-0.4, -0.2) is 44.5 Å². The third-order valence-corrected chi connectivity index (χ3v) is 4.57. The maximum atomic E-state index is 13.3. The van der Waals surface area contributed by atoms with Gasteiger partial charge in [-0.1, -0.05) is 5.16 Å². The SMILES string of the molecule is Fc1ccc(-c2cc(COCCN3CCn4nc(C(F)(F)F)nc4C3)on2)cc1F. The van der Waals surface area contributed by atoms with E-state index in [1.165, 1.54) is 10.7 Å². The van der Waals surface area contributed by atoms with Crippen molar-refractivity contribution in [3.05, 3.63) is 53.3 Å². The predicted molar refractivity (Wildman–Crippen MR) is 91.8 cm³/mol. The Labute approximate surface area is 167 Å². The largest absolute Gasteiger partial charge is 0.453 e. The van der Waals surface area contributed by atoms with E-state index >= 15 is 0 Å². The molecule has 0 aliphatic carbocycles. The minimum absolute atomic E-state index is 0.110. The van der Waals surface area contributed by atoms with E-state index in [-0.39, 0.29) is 19.0 Å². The Kier molecular flexibility index (Phi) is 5.52. The monoisotopic (exact) mass is 429 g/mol. The Hall–Kier alpha value is -2.86. The lowest BCUT2D eigenvalue weighted by Gasteiger charge is -2.26. The van der Waals surface area contributed by atoms with E-state index in [0.717, 1.165) is 12.1 Å². The molecule has 0 saturated heterocycles. The number of ether oxygens (including phenoxy) is 1. The molecule has 0 N–H and O–H groups in total. The average molecular weight is 429 g/mol. The Morgan fingerprint density at radius 2 is 1.93 bits per heavy atom. The number of fused-ring (bicyclic) bond motifs is 1. The first-order valence-electron chi connectivity index (χ1n) is 9.01. The van der Waals surface area contributed by atoms with Gasteiger partial charge in [-0.25, -0.2) is 18.4 Å². The van der Waals surface area contributed by atoms with Gasteiger partial charge in [0.1, 0.15) is 18.1 Å². The lowest BCUT2D eigenvalue weighted by molar-refractivity contribution is -0.145. The fourth-order valence-electron chi connectivity index (χ4n) is 3.04. The molecule has 3 aromatic rings. The minimum Gasteiger partial charge on any atom is -0.372 e. The molecule has 2 aromatic heterocycles. The zero-order chi connectivity index (χ0) is 21.3. The molecule has 30 heavy (non-hydrogen) atoms. The number of halogens is 5. The fraction of sp³-hybridized carbons (Fsp3) is 0.389. The molecule has 0 radical (unpaired) electrons. The van der Waals surface area contributed by atoms with E-state index in [1.54, 1.807) is 6.07 Å². The van der Waals surface area contributed by atoms with E-state index in [0.29, 0.717) is 43.3 Å². The summed E-state index contributed by atoms with van der Waals surface area (Å²) >= 11 is 0. The molecule has 0 amide bonds. The zero-order valence-corrected chi connectivity index (χ0v) is 15.5. The topological polar surface area (TPSA) is 69.2 Å². The van der Waals surface area contributed by atoms with Crippen molar-refractivity contribution in [1.82, 2.24) is 24.8 Å². The summed E-state index contributed by atoms with van der Waals surface area (Å²) in [5.41, 5.74) is 0.725. The highest BCUT2D eigenvalue weighted by atomic mass is 19.4. The first-order chi connectivity index (χ1) is 14.3. The molecule has 7 nitrogen and oxygen atoms in total. The Bertz CT molecular complexity index is 1030. The lowest BCUT2D eigenvalue weighted by Crippen LogP contribution is -2.36. The Morgan fingerprint density at radius 3 is 2.70 bits per heavy atom. The number of rotatable bonds is 6. The number of benzene rings is 1. The van der Waals surface area contributed by atoms with Crippen LogP contribution in [0.15, 0.2) is 28.8 Å². The quantitative estimate of drug-likeness (QED) is 0.443. The number of nitrogens with zero attached hydrogens (tertiary/aromatic N) is 5. The van der Waals surface area contributed by atoms with Gasteiger partial charge in [0.25, 0.3) is 5.82 Å². The van der Waals surface area contributed by atoms with Gasteiger partial charge in [-0.3, -0.25) is 4.90 Å². The maximum Gasteiger partial charge on any atom is 0.453 e. The third kappa shape index (κ3) is 4.49. The first kappa shape index (κ1) is 20.4. The van der Waals surface area contributed by atoms with Crippen LogP contribution in [-0.2, 0) is 30.6 Å². The summed E-state index contributed by atoms with van der Waals surface area (Å²) in [4.78, 5) is 5.48. The van der Waals surface area contributed by atoms with Gasteiger partial charge < -0.3 is 9.26 Å². The minimum atomic E-state index is -4.56. The van der Waals surface area contributed by atoms with Crippen LogP contribution in [0.1, 0.15) is 17.4 Å². The van der Waals surface area contributed by atoms with Crippen molar-refractivity contribution in [2.24, 2.45) is 0 Å². The van der Waals surface area contributed by atoms with Gasteiger partial charge in [-0.05, 0) is 18.2 Å². The fourth-order valence-corrected chi connectivity index (χ4v) is 3.04. The second-order valence-corrected chi connectivity index (χ2v) is 6.71. The van der Waals surface area contributed by atoms with Crippen molar-refractivity contribution < 1.29 is 31.2 Å². The molecule has 0 atom stereocenters. The van der Waals surface area contributed by atoms with Crippen LogP contribution in [0.3, 0.4) is 0 Å². The average Bonchev–Trinajstić information content (AvgIpc) is 3.34. The highest BCUT2D eigenvalue weighted by molar-refractivity contribution is 5.58. The number of aromatic nitrogens is 4. The Morgan fingerprint density at radius 1 is 1.10 bits per heavy atom. The molecule has 160 valence electrons. The van der Waals surface area contributed by atoms with Gasteiger partial charge in [0.15, 0.2) is 17.4 Å². The van der Waals surface area contributed by atoms with Crippen molar-refractivity contribution in [2.75, 3.05) is 19.7 Å². The molecule has 0 fully saturated rings. The van der Waals surface area contributed by atoms with E-state index < -0.39 is 23.6 Å². The van der Waals surface area contributed by atoms with E-state index in [1.807, 2.05) is 4.90 Å². The first-order valence-corrected chi connectivity index (χ1v) is 9.01. The zero-order valence-electron chi connectivity index (χ0n) is 15.5. The van der Waals surface area contributed by atoms with Crippen LogP contribution in [0.4, 0.5) is 22.0 Å². The van der Waals surface area contributed by atoms with Crippen molar-refractivity contribution in [1.29, 1.82) is 0 Å². The van der Waals surface area contributed by atoms with E-state index in [2.05, 4.69) is 15.2 Å².